The van der Waals surface area contributed by atoms with E-state index in [9.17, 15) is 4.79 Å². The van der Waals surface area contributed by atoms with Crippen LogP contribution in [0, 0.1) is 17.8 Å². The van der Waals surface area contributed by atoms with Crippen molar-refractivity contribution in [3.63, 3.8) is 0 Å². The van der Waals surface area contributed by atoms with Gasteiger partial charge in [-0.25, -0.2) is 0 Å². The van der Waals surface area contributed by atoms with Gasteiger partial charge in [0.05, 0.1) is 13.2 Å². The maximum Gasteiger partial charge on any atom is 0.323 e. The van der Waals surface area contributed by atoms with E-state index in [-0.39, 0.29) is 12.0 Å². The van der Waals surface area contributed by atoms with E-state index in [2.05, 4.69) is 20.4 Å². The first-order valence-corrected chi connectivity index (χ1v) is 14.7. The third-order valence-corrected chi connectivity index (χ3v) is 10.2. The molecule has 7 nitrogen and oxygen atoms in total. The quantitative estimate of drug-likeness (QED) is 0.532. The van der Waals surface area contributed by atoms with Crippen LogP contribution in [-0.4, -0.2) is 93.1 Å². The number of methoxy groups -OCH3 is 2. The first kappa shape index (κ1) is 25.9. The molecule has 0 bridgehead atoms. The molecule has 7 heteroatoms. The molecular formula is C28H50N4O3. The van der Waals surface area contributed by atoms with Gasteiger partial charge in [0.15, 0.2) is 0 Å². The minimum atomic E-state index is -0.0939. The molecule has 5 aliphatic rings. The highest BCUT2D eigenvalue weighted by molar-refractivity contribution is 5.76. The molecular weight excluding hydrogens is 440 g/mol. The van der Waals surface area contributed by atoms with Crippen molar-refractivity contribution >= 4 is 5.97 Å². The van der Waals surface area contributed by atoms with E-state index in [1.54, 1.807) is 7.11 Å². The zero-order valence-electron chi connectivity index (χ0n) is 22.3. The second-order valence-corrected chi connectivity index (χ2v) is 12.3. The molecule has 3 unspecified atom stereocenters. The summed E-state index contributed by atoms with van der Waals surface area (Å²) < 4.78 is 10.9. The molecule has 35 heavy (non-hydrogen) atoms. The number of esters is 1. The molecule has 0 spiro atoms. The lowest BCUT2D eigenvalue weighted by molar-refractivity contribution is -0.149. The summed E-state index contributed by atoms with van der Waals surface area (Å²) in [5, 5.41) is 7.55. The van der Waals surface area contributed by atoms with Gasteiger partial charge >= 0.3 is 5.97 Å². The van der Waals surface area contributed by atoms with E-state index >= 15 is 0 Å². The summed E-state index contributed by atoms with van der Waals surface area (Å²) in [5.74, 6) is 2.31. The predicted molar refractivity (Wildman–Crippen MR) is 138 cm³/mol. The van der Waals surface area contributed by atoms with Crippen molar-refractivity contribution < 1.29 is 14.3 Å². The SMILES string of the molecule is COC(=O)[C@@H]1CC2NCN(CC3CCC(OC)CC3)C2CN1CC1CCC(C2CCCCN2)CC1. The Balaban J connectivity index is 1.16. The van der Waals surface area contributed by atoms with Crippen LogP contribution in [0.1, 0.15) is 77.0 Å². The van der Waals surface area contributed by atoms with Crippen LogP contribution < -0.4 is 10.6 Å². The molecule has 0 aromatic rings. The number of carbonyl (C=O) groups excluding carboxylic acids is 1. The Bertz CT molecular complexity index is 671. The first-order chi connectivity index (χ1) is 17.1. The molecule has 3 aliphatic heterocycles. The van der Waals surface area contributed by atoms with Gasteiger partial charge in [-0.15, -0.1) is 0 Å². The Kier molecular flexibility index (Phi) is 9.03. The standard InChI is InChI=1S/C28H50N4O3/c1-34-23-12-8-21(9-13-23)17-32-19-30-25-15-26(28(33)35-2)31(18-27(25)32)16-20-6-10-22(11-7-20)24-5-3-4-14-29-24/h20-27,29-30H,3-19H2,1-2H3/t20?,21?,22?,23?,24?,25?,26-,27?/m0/s1. The molecule has 5 fully saturated rings. The van der Waals surface area contributed by atoms with Crippen LogP contribution in [0.25, 0.3) is 0 Å². The fourth-order valence-corrected chi connectivity index (χ4v) is 8.03. The minimum Gasteiger partial charge on any atom is -0.468 e. The lowest BCUT2D eigenvalue weighted by Gasteiger charge is -2.45. The highest BCUT2D eigenvalue weighted by Gasteiger charge is 2.46. The molecule has 2 aliphatic carbocycles. The van der Waals surface area contributed by atoms with Gasteiger partial charge < -0.3 is 14.8 Å². The second kappa shape index (κ2) is 12.2. The maximum atomic E-state index is 12.8. The molecule has 0 amide bonds. The Morgan fingerprint density at radius 1 is 0.829 bits per heavy atom. The van der Waals surface area contributed by atoms with E-state index in [1.807, 2.05) is 7.11 Å². The van der Waals surface area contributed by atoms with E-state index < -0.39 is 0 Å². The topological polar surface area (TPSA) is 66.1 Å². The number of likely N-dealkylation sites (tertiary alicyclic amines) is 1. The van der Waals surface area contributed by atoms with Crippen LogP contribution in [0.5, 0.6) is 0 Å². The Morgan fingerprint density at radius 2 is 1.54 bits per heavy atom. The molecule has 3 saturated heterocycles. The molecule has 0 aromatic carbocycles. The van der Waals surface area contributed by atoms with Crippen LogP contribution in [-0.2, 0) is 14.3 Å². The zero-order valence-corrected chi connectivity index (χ0v) is 22.3. The van der Waals surface area contributed by atoms with Crippen molar-refractivity contribution in [1.82, 2.24) is 20.4 Å². The Hall–Kier alpha value is -0.730. The zero-order chi connectivity index (χ0) is 24.2. The van der Waals surface area contributed by atoms with Crippen LogP contribution >= 0.6 is 0 Å². The number of hydrogen-bond acceptors (Lipinski definition) is 7. The van der Waals surface area contributed by atoms with Crippen LogP contribution in [0.2, 0.25) is 0 Å². The van der Waals surface area contributed by atoms with E-state index in [1.165, 1.54) is 83.7 Å². The average Bonchev–Trinajstić information content (AvgIpc) is 3.30. The van der Waals surface area contributed by atoms with Crippen LogP contribution in [0.15, 0.2) is 0 Å². The highest BCUT2D eigenvalue weighted by Crippen LogP contribution is 2.36. The summed E-state index contributed by atoms with van der Waals surface area (Å²) in [4.78, 5) is 18.0. The number of rotatable bonds is 7. The molecule has 0 aromatic heterocycles. The lowest BCUT2D eigenvalue weighted by Crippen LogP contribution is -2.59. The third kappa shape index (κ3) is 6.23. The Morgan fingerprint density at radius 3 is 2.20 bits per heavy atom. The number of piperidine rings is 2. The normalized spacial score (nSPS) is 41.4. The molecule has 0 radical (unpaired) electrons. The summed E-state index contributed by atoms with van der Waals surface area (Å²) >= 11 is 0. The molecule has 4 atom stereocenters. The monoisotopic (exact) mass is 490 g/mol. The fraction of sp³-hybridized carbons (Fsp3) is 0.964. The van der Waals surface area contributed by atoms with Crippen molar-refractivity contribution in [3.05, 3.63) is 0 Å². The number of carbonyl (C=O) groups is 1. The number of hydrogen-bond donors (Lipinski definition) is 2. The Labute approximate surface area is 213 Å². The number of fused-ring (bicyclic) bond motifs is 1. The van der Waals surface area contributed by atoms with Gasteiger partial charge in [-0.1, -0.05) is 6.42 Å². The van der Waals surface area contributed by atoms with Crippen molar-refractivity contribution in [2.75, 3.05) is 47.1 Å². The fourth-order valence-electron chi connectivity index (χ4n) is 8.03. The van der Waals surface area contributed by atoms with Crippen LogP contribution in [0.3, 0.4) is 0 Å². The second-order valence-electron chi connectivity index (χ2n) is 12.3. The van der Waals surface area contributed by atoms with Crippen molar-refractivity contribution in [3.8, 4) is 0 Å². The predicted octanol–water partition coefficient (Wildman–Crippen LogP) is 2.99. The van der Waals surface area contributed by atoms with E-state index in [0.717, 1.165) is 44.1 Å². The summed E-state index contributed by atoms with van der Waals surface area (Å²) in [6, 6.07) is 1.57. The molecule has 200 valence electrons. The molecule has 5 rings (SSSR count). The number of ether oxygens (including phenoxy) is 2. The van der Waals surface area contributed by atoms with Crippen molar-refractivity contribution in [1.29, 1.82) is 0 Å². The maximum absolute atomic E-state index is 12.8. The van der Waals surface area contributed by atoms with Gasteiger partial charge in [-0.3, -0.25) is 19.9 Å². The van der Waals surface area contributed by atoms with Gasteiger partial charge in [0.1, 0.15) is 6.04 Å². The smallest absolute Gasteiger partial charge is 0.323 e. The molecule has 2 N–H and O–H groups in total. The van der Waals surface area contributed by atoms with Crippen molar-refractivity contribution in [2.24, 2.45) is 17.8 Å². The molecule has 2 saturated carbocycles. The van der Waals surface area contributed by atoms with Gasteiger partial charge in [0, 0.05) is 51.5 Å². The van der Waals surface area contributed by atoms with E-state index in [4.69, 9.17) is 9.47 Å². The average molecular weight is 491 g/mol. The number of nitrogens with zero attached hydrogens (tertiary/aromatic N) is 2. The number of nitrogens with one attached hydrogen (secondary N) is 2. The summed E-state index contributed by atoms with van der Waals surface area (Å²) in [6.07, 6.45) is 15.7. The van der Waals surface area contributed by atoms with Crippen LogP contribution in [0.4, 0.5) is 0 Å². The minimum absolute atomic E-state index is 0.0401. The molecule has 3 heterocycles. The van der Waals surface area contributed by atoms with Gasteiger partial charge in [-0.2, -0.15) is 0 Å². The summed E-state index contributed by atoms with van der Waals surface area (Å²) in [6.45, 7) is 5.40. The highest BCUT2D eigenvalue weighted by atomic mass is 16.5. The lowest BCUT2D eigenvalue weighted by atomic mass is 9.76. The third-order valence-electron chi connectivity index (χ3n) is 10.2. The summed E-state index contributed by atoms with van der Waals surface area (Å²) in [5.41, 5.74) is 0. The van der Waals surface area contributed by atoms with Gasteiger partial charge in [-0.05, 0) is 94.9 Å². The first-order valence-electron chi connectivity index (χ1n) is 14.7. The largest absolute Gasteiger partial charge is 0.468 e. The van der Waals surface area contributed by atoms with Crippen molar-refractivity contribution in [2.45, 2.75) is 107 Å². The van der Waals surface area contributed by atoms with Gasteiger partial charge in [0.2, 0.25) is 0 Å². The van der Waals surface area contributed by atoms with E-state index in [0.29, 0.717) is 24.1 Å². The van der Waals surface area contributed by atoms with Gasteiger partial charge in [0.25, 0.3) is 0 Å². The summed E-state index contributed by atoms with van der Waals surface area (Å²) in [7, 11) is 3.41.